The number of nitriles is 1. The molecule has 0 heterocycles. The minimum atomic E-state index is -0.288. The molecule has 5 N–H and O–H groups in total. The van der Waals surface area contributed by atoms with Gasteiger partial charge >= 0.3 is 11.9 Å². The van der Waals surface area contributed by atoms with E-state index in [-0.39, 0.29) is 51.2 Å². The molecular formula is C39H63N3O14. The summed E-state index contributed by atoms with van der Waals surface area (Å²) in [4.78, 5) is 23.7. The standard InChI is InChI=1S/C19H31NO7.C18H29NO7.C2H3N/c1-20(18-12-16(14-21)11-17(13-18)15-22)4-6-26-8-10-27-9-7-25-5-3-19(23)24-2;1-23-18(22)2-4-24-6-8-26-9-7-25-5-3-19-17-11-15(13-20)10-16(12-17)14-21;1-2-3/h11-13,21-22H,3-10,14-15H2,1-2H3;10-12,19-21H,2-9,13-14H2,1H3;1H3. The fourth-order valence-corrected chi connectivity index (χ4v) is 4.39. The molecule has 0 amide bonds. The van der Waals surface area contributed by atoms with E-state index >= 15 is 0 Å². The molecule has 56 heavy (non-hydrogen) atoms. The van der Waals surface area contributed by atoms with E-state index in [4.69, 9.17) is 33.7 Å². The lowest BCUT2D eigenvalue weighted by atomic mass is 10.1. The molecule has 0 atom stereocenters. The minimum Gasteiger partial charge on any atom is -0.469 e. The Balaban J connectivity index is 0.00000101. The number of carbonyl (C=O) groups excluding carboxylic acids is 2. The summed E-state index contributed by atoms with van der Waals surface area (Å²) in [6.07, 6.45) is 0.488. The highest BCUT2D eigenvalue weighted by molar-refractivity contribution is 5.69. The normalized spacial score (nSPS) is 10.3. The third-order valence-corrected chi connectivity index (χ3v) is 7.25. The van der Waals surface area contributed by atoms with Crippen LogP contribution in [-0.2, 0) is 73.9 Å². The number of likely N-dealkylation sites (N-methyl/N-ethyl adjacent to an activating group) is 1. The summed E-state index contributed by atoms with van der Waals surface area (Å²) in [6.45, 7) is 7.79. The molecule has 2 aromatic carbocycles. The van der Waals surface area contributed by atoms with Gasteiger partial charge in [0, 0.05) is 38.4 Å². The van der Waals surface area contributed by atoms with Gasteiger partial charge in [-0.25, -0.2) is 0 Å². The van der Waals surface area contributed by atoms with Crippen molar-refractivity contribution in [3.8, 4) is 6.07 Å². The molecule has 17 heteroatoms. The van der Waals surface area contributed by atoms with Gasteiger partial charge in [-0.1, -0.05) is 12.1 Å². The highest BCUT2D eigenvalue weighted by atomic mass is 16.6. The van der Waals surface area contributed by atoms with Gasteiger partial charge in [0.2, 0.25) is 0 Å². The molecule has 0 saturated carbocycles. The average Bonchev–Trinajstić information content (AvgIpc) is 3.22. The van der Waals surface area contributed by atoms with Crippen molar-refractivity contribution in [1.82, 2.24) is 0 Å². The molecule has 2 rings (SSSR count). The predicted molar refractivity (Wildman–Crippen MR) is 208 cm³/mol. The maximum absolute atomic E-state index is 10.9. The van der Waals surface area contributed by atoms with Crippen LogP contribution in [0.1, 0.15) is 42.0 Å². The zero-order chi connectivity index (χ0) is 41.7. The molecular weight excluding hydrogens is 734 g/mol. The van der Waals surface area contributed by atoms with E-state index in [1.54, 1.807) is 18.2 Å². The number of anilines is 2. The molecule has 0 aliphatic rings. The second-order valence-electron chi connectivity index (χ2n) is 11.6. The van der Waals surface area contributed by atoms with E-state index in [0.717, 1.165) is 33.6 Å². The Morgan fingerprint density at radius 2 is 0.929 bits per heavy atom. The molecule has 0 saturated heterocycles. The Bertz CT molecular complexity index is 1280. The van der Waals surface area contributed by atoms with Crippen LogP contribution in [0.2, 0.25) is 0 Å². The summed E-state index contributed by atoms with van der Waals surface area (Å²) in [5, 5.41) is 47.5. The summed E-state index contributed by atoms with van der Waals surface area (Å²) in [5.74, 6) is -0.575. The molecule has 0 aliphatic heterocycles. The second kappa shape index (κ2) is 36.7. The Hall–Kier alpha value is -3.93. The topological polar surface area (TPSA) is 228 Å². The molecule has 0 aromatic heterocycles. The number of rotatable bonds is 30. The molecule has 0 radical (unpaired) electrons. The lowest BCUT2D eigenvalue weighted by molar-refractivity contribution is -0.142. The number of hydrogen-bond donors (Lipinski definition) is 5. The first-order valence-corrected chi connectivity index (χ1v) is 18.3. The van der Waals surface area contributed by atoms with Gasteiger partial charge in [0.15, 0.2) is 0 Å². The van der Waals surface area contributed by atoms with Crippen LogP contribution in [0, 0.1) is 11.3 Å². The van der Waals surface area contributed by atoms with Gasteiger partial charge in [-0.05, 0) is 46.5 Å². The first-order chi connectivity index (χ1) is 27.2. The second-order valence-corrected chi connectivity index (χ2v) is 11.6. The lowest BCUT2D eigenvalue weighted by Crippen LogP contribution is -2.23. The number of aliphatic hydroxyl groups excluding tert-OH is 4. The fourth-order valence-electron chi connectivity index (χ4n) is 4.39. The van der Waals surface area contributed by atoms with Crippen LogP contribution in [-0.4, -0.2) is 146 Å². The third-order valence-electron chi connectivity index (χ3n) is 7.25. The van der Waals surface area contributed by atoms with Gasteiger partial charge in [-0.15, -0.1) is 0 Å². The highest BCUT2D eigenvalue weighted by Gasteiger charge is 2.06. The van der Waals surface area contributed by atoms with Crippen molar-refractivity contribution in [1.29, 1.82) is 5.26 Å². The van der Waals surface area contributed by atoms with E-state index in [0.29, 0.717) is 92.4 Å². The molecule has 0 fully saturated rings. The number of ether oxygens (including phenoxy) is 8. The molecule has 0 spiro atoms. The van der Waals surface area contributed by atoms with Crippen molar-refractivity contribution in [2.45, 2.75) is 46.2 Å². The zero-order valence-electron chi connectivity index (χ0n) is 33.4. The maximum Gasteiger partial charge on any atom is 0.307 e. The van der Waals surface area contributed by atoms with Crippen molar-refractivity contribution in [2.75, 3.05) is 124 Å². The number of benzene rings is 2. The van der Waals surface area contributed by atoms with Crippen LogP contribution in [0.4, 0.5) is 11.4 Å². The minimum absolute atomic E-state index is 0.0606. The number of nitrogens with zero attached hydrogens (tertiary/aromatic N) is 2. The van der Waals surface area contributed by atoms with E-state index in [1.165, 1.54) is 21.1 Å². The number of hydrogen-bond acceptors (Lipinski definition) is 17. The molecule has 318 valence electrons. The van der Waals surface area contributed by atoms with Gasteiger partial charge in [0.05, 0.1) is 139 Å². The van der Waals surface area contributed by atoms with Crippen molar-refractivity contribution >= 4 is 23.3 Å². The van der Waals surface area contributed by atoms with E-state index in [1.807, 2.05) is 36.2 Å². The third kappa shape index (κ3) is 28.5. The van der Waals surface area contributed by atoms with Crippen molar-refractivity contribution in [3.05, 3.63) is 58.7 Å². The van der Waals surface area contributed by atoms with Crippen LogP contribution >= 0.6 is 0 Å². The number of esters is 2. The molecule has 17 nitrogen and oxygen atoms in total. The summed E-state index contributed by atoms with van der Waals surface area (Å²) < 4.78 is 41.2. The van der Waals surface area contributed by atoms with Crippen LogP contribution in [0.3, 0.4) is 0 Å². The number of aliphatic hydroxyl groups is 4. The largest absolute Gasteiger partial charge is 0.469 e. The SMILES string of the molecule is CC#N.COC(=O)CCOCCOCCOCCN(C)c1cc(CO)cc(CO)c1.COC(=O)CCOCCOCCOCCNc1cc(CO)cc(CO)c1. The van der Waals surface area contributed by atoms with E-state index in [2.05, 4.69) is 14.8 Å². The van der Waals surface area contributed by atoms with Crippen molar-refractivity contribution < 1.29 is 67.9 Å². The number of methoxy groups -OCH3 is 2. The van der Waals surface area contributed by atoms with Crippen LogP contribution < -0.4 is 10.2 Å². The quantitative estimate of drug-likeness (QED) is 0.0562. The van der Waals surface area contributed by atoms with Gasteiger partial charge < -0.3 is 68.5 Å². The summed E-state index contributed by atoms with van der Waals surface area (Å²) >= 11 is 0. The Morgan fingerprint density at radius 3 is 1.30 bits per heavy atom. The summed E-state index contributed by atoms with van der Waals surface area (Å²) in [6, 6.07) is 12.7. The van der Waals surface area contributed by atoms with Crippen LogP contribution in [0.25, 0.3) is 0 Å². The zero-order valence-corrected chi connectivity index (χ0v) is 33.4. The number of carbonyl (C=O) groups is 2. The molecule has 0 unspecified atom stereocenters. The van der Waals surface area contributed by atoms with Crippen molar-refractivity contribution in [2.24, 2.45) is 0 Å². The first kappa shape index (κ1) is 52.1. The summed E-state index contributed by atoms with van der Waals surface area (Å²) in [7, 11) is 4.63. The molecule has 0 aliphatic carbocycles. The fraction of sp³-hybridized carbons (Fsp3) is 0.615. The number of nitrogens with one attached hydrogen (secondary N) is 1. The predicted octanol–water partition coefficient (Wildman–Crippen LogP) is 1.95. The average molecular weight is 798 g/mol. The Morgan fingerprint density at radius 1 is 0.589 bits per heavy atom. The van der Waals surface area contributed by atoms with Gasteiger partial charge in [-0.2, -0.15) is 5.26 Å². The first-order valence-electron chi connectivity index (χ1n) is 18.3. The maximum atomic E-state index is 10.9. The van der Waals surface area contributed by atoms with Crippen LogP contribution in [0.15, 0.2) is 36.4 Å². The Labute approximate surface area is 330 Å². The monoisotopic (exact) mass is 797 g/mol. The van der Waals surface area contributed by atoms with E-state index in [9.17, 15) is 30.0 Å². The van der Waals surface area contributed by atoms with Crippen molar-refractivity contribution in [3.63, 3.8) is 0 Å². The van der Waals surface area contributed by atoms with E-state index < -0.39 is 0 Å². The van der Waals surface area contributed by atoms with Crippen LogP contribution in [0.5, 0.6) is 0 Å². The highest BCUT2D eigenvalue weighted by Crippen LogP contribution is 2.19. The summed E-state index contributed by atoms with van der Waals surface area (Å²) in [5.41, 5.74) is 4.81. The van der Waals surface area contributed by atoms with Gasteiger partial charge in [0.25, 0.3) is 0 Å². The van der Waals surface area contributed by atoms with Gasteiger partial charge in [-0.3, -0.25) is 9.59 Å². The van der Waals surface area contributed by atoms with Gasteiger partial charge in [0.1, 0.15) is 0 Å². The molecule has 2 aromatic rings. The lowest BCUT2D eigenvalue weighted by Gasteiger charge is -2.21. The Kier molecular flexibility index (Phi) is 34.1. The molecule has 0 bridgehead atoms. The smallest absolute Gasteiger partial charge is 0.307 e.